The van der Waals surface area contributed by atoms with Crippen molar-refractivity contribution in [3.63, 3.8) is 0 Å². The molecule has 5 aliphatic rings. The van der Waals surface area contributed by atoms with Crippen molar-refractivity contribution in [3.05, 3.63) is 0 Å². The van der Waals surface area contributed by atoms with E-state index in [2.05, 4.69) is 22.4 Å². The molecule has 192 valence electrons. The molecular formula is C26H54N2O2S2. The third-order valence-electron chi connectivity index (χ3n) is 5.81. The van der Waals surface area contributed by atoms with Gasteiger partial charge in [0.25, 0.3) is 0 Å². The second kappa shape index (κ2) is 27.8. The summed E-state index contributed by atoms with van der Waals surface area (Å²) in [7, 11) is 0. The zero-order valence-corrected chi connectivity index (χ0v) is 22.7. The smallest absolute Gasteiger partial charge is 0.0557 e. The fourth-order valence-electron chi connectivity index (χ4n) is 3.77. The van der Waals surface area contributed by atoms with Crippen LogP contribution in [0.15, 0.2) is 0 Å². The van der Waals surface area contributed by atoms with Gasteiger partial charge in [-0.2, -0.15) is 23.5 Å². The Bertz CT molecular complexity index is 223. The van der Waals surface area contributed by atoms with E-state index in [9.17, 15) is 0 Å². The molecule has 0 amide bonds. The number of thioether (sulfide) groups is 2. The first-order valence-corrected chi connectivity index (χ1v) is 16.0. The number of piperidine rings is 1. The molecule has 6 heteroatoms. The van der Waals surface area contributed by atoms with Gasteiger partial charge in [0, 0.05) is 24.7 Å². The summed E-state index contributed by atoms with van der Waals surface area (Å²) in [5.41, 5.74) is 0. The monoisotopic (exact) mass is 490 g/mol. The van der Waals surface area contributed by atoms with Crippen LogP contribution in [0.25, 0.3) is 0 Å². The van der Waals surface area contributed by atoms with Gasteiger partial charge in [0.15, 0.2) is 0 Å². The second-order valence-corrected chi connectivity index (χ2v) is 11.3. The molecule has 4 nitrogen and oxygen atoms in total. The van der Waals surface area contributed by atoms with Crippen molar-refractivity contribution >= 4 is 23.5 Å². The standard InChI is InChI=1S/C6H13N.C6H12O.C5H11N.C5H10S.C4H8OS/c2*1-2-4-6-7-5-3-1;2*1-2-4-6-5-3-1;1-3-6-4-2-5-1/h7H,1-6H2;1-6H2;6H,1-5H2;1-5H2;1-4H2. The Morgan fingerprint density at radius 1 is 0.344 bits per heavy atom. The summed E-state index contributed by atoms with van der Waals surface area (Å²) < 4.78 is 10.2. The lowest BCUT2D eigenvalue weighted by molar-refractivity contribution is 0.144. The molecule has 0 aromatic heterocycles. The molecule has 5 aliphatic heterocycles. The summed E-state index contributed by atoms with van der Waals surface area (Å²) in [6.07, 6.45) is 19.6. The number of hydrogen-bond donors (Lipinski definition) is 2. The SMILES string of the molecule is C1CCCNCC1.C1CCCOCC1.C1CCNCC1.C1CCSCC1.C1CSCCO1. The zero-order valence-electron chi connectivity index (χ0n) is 21.0. The summed E-state index contributed by atoms with van der Waals surface area (Å²) in [6.45, 7) is 8.93. The summed E-state index contributed by atoms with van der Waals surface area (Å²) >= 11 is 4.06. The number of ether oxygens (including phenoxy) is 2. The molecule has 5 fully saturated rings. The first-order valence-electron chi connectivity index (χ1n) is 13.7. The van der Waals surface area contributed by atoms with Crippen LogP contribution in [0.5, 0.6) is 0 Å². The van der Waals surface area contributed by atoms with E-state index in [-0.39, 0.29) is 0 Å². The van der Waals surface area contributed by atoms with Crippen molar-refractivity contribution in [2.24, 2.45) is 0 Å². The minimum atomic E-state index is 0.963. The van der Waals surface area contributed by atoms with Crippen molar-refractivity contribution in [2.75, 3.05) is 75.6 Å². The molecule has 32 heavy (non-hydrogen) atoms. The van der Waals surface area contributed by atoms with Gasteiger partial charge in [-0.05, 0) is 89.1 Å². The maximum atomic E-state index is 5.19. The molecule has 5 rings (SSSR count). The molecule has 5 heterocycles. The molecule has 0 spiro atoms. The highest BCUT2D eigenvalue weighted by molar-refractivity contribution is 7.99. The Morgan fingerprint density at radius 3 is 1.03 bits per heavy atom. The van der Waals surface area contributed by atoms with Crippen molar-refractivity contribution in [3.8, 4) is 0 Å². The predicted molar refractivity (Wildman–Crippen MR) is 147 cm³/mol. The minimum Gasteiger partial charge on any atom is -0.381 e. The van der Waals surface area contributed by atoms with Gasteiger partial charge < -0.3 is 20.1 Å². The van der Waals surface area contributed by atoms with Crippen molar-refractivity contribution in [1.82, 2.24) is 10.6 Å². The van der Waals surface area contributed by atoms with Crippen LogP contribution in [0.3, 0.4) is 0 Å². The summed E-state index contributed by atoms with van der Waals surface area (Å²) in [5, 5.41) is 6.63. The van der Waals surface area contributed by atoms with Crippen LogP contribution in [-0.2, 0) is 9.47 Å². The van der Waals surface area contributed by atoms with Gasteiger partial charge in [0.1, 0.15) is 0 Å². The van der Waals surface area contributed by atoms with E-state index in [1.54, 1.807) is 0 Å². The number of hydrogen-bond acceptors (Lipinski definition) is 6. The summed E-state index contributed by atoms with van der Waals surface area (Å²) in [6, 6.07) is 0. The van der Waals surface area contributed by atoms with Gasteiger partial charge in [-0.3, -0.25) is 0 Å². The average molecular weight is 491 g/mol. The van der Waals surface area contributed by atoms with Gasteiger partial charge >= 0.3 is 0 Å². The minimum absolute atomic E-state index is 0.963. The van der Waals surface area contributed by atoms with Crippen LogP contribution in [-0.4, -0.2) is 75.6 Å². The van der Waals surface area contributed by atoms with Crippen LogP contribution < -0.4 is 10.6 Å². The Balaban J connectivity index is 0.000000200. The highest BCUT2D eigenvalue weighted by Crippen LogP contribution is 2.15. The maximum absolute atomic E-state index is 5.19. The van der Waals surface area contributed by atoms with E-state index >= 15 is 0 Å². The molecule has 0 aromatic rings. The third kappa shape index (κ3) is 25.2. The van der Waals surface area contributed by atoms with Crippen molar-refractivity contribution in [1.29, 1.82) is 0 Å². The largest absolute Gasteiger partial charge is 0.381 e. The summed E-state index contributed by atoms with van der Waals surface area (Å²) in [5.74, 6) is 5.22. The quantitative estimate of drug-likeness (QED) is 0.425. The first kappa shape index (κ1) is 30.6. The molecule has 0 aromatic carbocycles. The van der Waals surface area contributed by atoms with Gasteiger partial charge in [-0.15, -0.1) is 0 Å². The van der Waals surface area contributed by atoms with E-state index in [1.807, 2.05) is 11.8 Å². The van der Waals surface area contributed by atoms with Gasteiger partial charge in [0.2, 0.25) is 0 Å². The average Bonchev–Trinajstić information content (AvgIpc) is 3.39. The van der Waals surface area contributed by atoms with E-state index in [1.165, 1.54) is 139 Å². The lowest BCUT2D eigenvalue weighted by atomic mass is 10.2. The van der Waals surface area contributed by atoms with E-state index in [4.69, 9.17) is 9.47 Å². The highest BCUT2D eigenvalue weighted by atomic mass is 32.2. The van der Waals surface area contributed by atoms with Crippen molar-refractivity contribution < 1.29 is 9.47 Å². The van der Waals surface area contributed by atoms with E-state index in [0.717, 1.165) is 26.4 Å². The maximum Gasteiger partial charge on any atom is 0.0557 e. The lowest BCUT2D eigenvalue weighted by Gasteiger charge is -2.08. The van der Waals surface area contributed by atoms with Crippen LogP contribution >= 0.6 is 23.5 Å². The fraction of sp³-hybridized carbons (Fsp3) is 1.00. The van der Waals surface area contributed by atoms with Gasteiger partial charge in [-0.1, -0.05) is 38.5 Å². The Labute approximate surface area is 208 Å². The first-order chi connectivity index (χ1) is 16.0. The molecule has 2 N–H and O–H groups in total. The van der Waals surface area contributed by atoms with E-state index in [0.29, 0.717) is 0 Å². The number of rotatable bonds is 0. The van der Waals surface area contributed by atoms with Crippen LogP contribution in [0.1, 0.15) is 89.9 Å². The molecule has 5 saturated heterocycles. The Kier molecular flexibility index (Phi) is 26.5. The molecular weight excluding hydrogens is 436 g/mol. The van der Waals surface area contributed by atoms with Crippen LogP contribution in [0, 0.1) is 0 Å². The highest BCUT2D eigenvalue weighted by Gasteiger charge is 1.97. The molecule has 0 radical (unpaired) electrons. The van der Waals surface area contributed by atoms with Crippen LogP contribution in [0.4, 0.5) is 0 Å². The molecule has 0 saturated carbocycles. The Morgan fingerprint density at radius 2 is 0.719 bits per heavy atom. The molecule has 0 unspecified atom stereocenters. The normalized spacial score (nSPS) is 24.0. The lowest BCUT2D eigenvalue weighted by Crippen LogP contribution is -2.21. The molecule has 0 aliphatic carbocycles. The topological polar surface area (TPSA) is 42.5 Å². The Hall–Kier alpha value is 0.540. The van der Waals surface area contributed by atoms with E-state index < -0.39 is 0 Å². The zero-order chi connectivity index (χ0) is 22.6. The second-order valence-electron chi connectivity index (χ2n) is 8.90. The van der Waals surface area contributed by atoms with Gasteiger partial charge in [0.05, 0.1) is 13.2 Å². The van der Waals surface area contributed by atoms with Gasteiger partial charge in [-0.25, -0.2) is 0 Å². The van der Waals surface area contributed by atoms with Crippen LogP contribution in [0.2, 0.25) is 0 Å². The fourth-order valence-corrected chi connectivity index (χ4v) is 5.47. The number of nitrogens with one attached hydrogen (secondary N) is 2. The summed E-state index contributed by atoms with van der Waals surface area (Å²) in [4.78, 5) is 0. The third-order valence-corrected chi connectivity index (χ3v) is 7.88. The molecule has 0 atom stereocenters. The predicted octanol–water partition coefficient (Wildman–Crippen LogP) is 6.14. The molecule has 0 bridgehead atoms. The van der Waals surface area contributed by atoms with Crippen molar-refractivity contribution in [2.45, 2.75) is 89.9 Å².